The van der Waals surface area contributed by atoms with Crippen LogP contribution in [0.3, 0.4) is 0 Å². The Morgan fingerprint density at radius 3 is 2.45 bits per heavy atom. The molecule has 6 heteroatoms. The van der Waals surface area contributed by atoms with Gasteiger partial charge in [0.1, 0.15) is 6.04 Å². The number of hydrogen-bond acceptors (Lipinski definition) is 3. The number of carboxylic acid groups (broad SMARTS) is 1. The van der Waals surface area contributed by atoms with Crippen LogP contribution in [0.1, 0.15) is 18.9 Å². The molecule has 0 bridgehead atoms. The second kappa shape index (κ2) is 8.16. The Morgan fingerprint density at radius 2 is 1.95 bits per heavy atom. The van der Waals surface area contributed by atoms with Gasteiger partial charge >= 0.3 is 12.0 Å². The van der Waals surface area contributed by atoms with E-state index in [0.29, 0.717) is 13.0 Å². The van der Waals surface area contributed by atoms with Crippen molar-refractivity contribution in [3.8, 4) is 0 Å². The van der Waals surface area contributed by atoms with Crippen LogP contribution in [-0.2, 0) is 11.3 Å². The molecule has 1 rings (SSSR count). The lowest BCUT2D eigenvalue weighted by atomic mass is 10.2. The van der Waals surface area contributed by atoms with E-state index in [4.69, 9.17) is 10.2 Å². The number of carbonyl (C=O) groups excluding carboxylic acids is 1. The molecular formula is C14H20N2O4. The lowest BCUT2D eigenvalue weighted by molar-refractivity contribution is -0.139. The number of aliphatic hydroxyl groups excluding tert-OH is 1. The summed E-state index contributed by atoms with van der Waals surface area (Å²) >= 11 is 0. The van der Waals surface area contributed by atoms with Gasteiger partial charge in [-0.05, 0) is 12.0 Å². The fourth-order valence-electron chi connectivity index (χ4n) is 1.76. The Labute approximate surface area is 118 Å². The van der Waals surface area contributed by atoms with E-state index in [1.165, 1.54) is 4.90 Å². The molecule has 0 heterocycles. The third-order valence-corrected chi connectivity index (χ3v) is 2.88. The van der Waals surface area contributed by atoms with Gasteiger partial charge in [-0.3, -0.25) is 0 Å². The summed E-state index contributed by atoms with van der Waals surface area (Å²) in [4.78, 5) is 24.4. The summed E-state index contributed by atoms with van der Waals surface area (Å²) in [5.41, 5.74) is 0.916. The lowest BCUT2D eigenvalue weighted by Gasteiger charge is -2.24. The summed E-state index contributed by atoms with van der Waals surface area (Å²) in [6.07, 6.45) is 0.305. The first-order chi connectivity index (χ1) is 9.58. The van der Waals surface area contributed by atoms with Crippen LogP contribution in [0.5, 0.6) is 0 Å². The maximum Gasteiger partial charge on any atom is 0.326 e. The Bertz CT molecular complexity index is 436. The number of nitrogens with one attached hydrogen (secondary N) is 1. The minimum Gasteiger partial charge on any atom is -0.480 e. The quantitative estimate of drug-likeness (QED) is 0.696. The number of nitrogens with zero attached hydrogens (tertiary/aromatic N) is 1. The van der Waals surface area contributed by atoms with Gasteiger partial charge in [0.2, 0.25) is 0 Å². The van der Waals surface area contributed by atoms with Gasteiger partial charge < -0.3 is 20.4 Å². The fourth-order valence-corrected chi connectivity index (χ4v) is 1.76. The molecule has 1 aromatic carbocycles. The first-order valence-corrected chi connectivity index (χ1v) is 6.51. The van der Waals surface area contributed by atoms with Gasteiger partial charge in [0.15, 0.2) is 0 Å². The van der Waals surface area contributed by atoms with E-state index in [-0.39, 0.29) is 13.2 Å². The third kappa shape index (κ3) is 4.89. The molecule has 0 saturated heterocycles. The van der Waals surface area contributed by atoms with Crippen molar-refractivity contribution in [3.63, 3.8) is 0 Å². The van der Waals surface area contributed by atoms with Gasteiger partial charge in [0, 0.05) is 13.1 Å². The summed E-state index contributed by atoms with van der Waals surface area (Å²) in [5, 5.41) is 20.4. The average molecular weight is 280 g/mol. The number of carboxylic acids is 1. The minimum absolute atomic E-state index is 0.150. The second-order valence-electron chi connectivity index (χ2n) is 4.38. The standard InChI is InChI=1S/C14H20N2O4/c1-2-12(13(18)19)15-14(20)16(8-9-17)10-11-6-4-3-5-7-11/h3-7,12,17H,2,8-10H2,1H3,(H,15,20)(H,18,19)/t12-/m0/s1. The fraction of sp³-hybridized carbons (Fsp3) is 0.429. The second-order valence-corrected chi connectivity index (χ2v) is 4.38. The van der Waals surface area contributed by atoms with E-state index in [0.717, 1.165) is 5.56 Å². The Kier molecular flexibility index (Phi) is 6.52. The highest BCUT2D eigenvalue weighted by Crippen LogP contribution is 2.05. The monoisotopic (exact) mass is 280 g/mol. The molecule has 110 valence electrons. The van der Waals surface area contributed by atoms with Crippen molar-refractivity contribution in [3.05, 3.63) is 35.9 Å². The van der Waals surface area contributed by atoms with Crippen molar-refractivity contribution in [1.82, 2.24) is 10.2 Å². The Hall–Kier alpha value is -2.08. The van der Waals surface area contributed by atoms with Crippen molar-refractivity contribution < 1.29 is 19.8 Å². The van der Waals surface area contributed by atoms with Crippen LogP contribution in [-0.4, -0.2) is 46.3 Å². The highest BCUT2D eigenvalue weighted by Gasteiger charge is 2.21. The molecule has 0 aromatic heterocycles. The topological polar surface area (TPSA) is 89.9 Å². The van der Waals surface area contributed by atoms with E-state index in [1.54, 1.807) is 6.92 Å². The summed E-state index contributed by atoms with van der Waals surface area (Å²) in [7, 11) is 0. The SMILES string of the molecule is CC[C@H](NC(=O)N(CCO)Cc1ccccc1)C(=O)O. The number of aliphatic hydroxyl groups is 1. The van der Waals surface area contributed by atoms with Crippen LogP contribution in [0.2, 0.25) is 0 Å². The van der Waals surface area contributed by atoms with Crippen LogP contribution in [0.4, 0.5) is 4.79 Å². The van der Waals surface area contributed by atoms with Gasteiger partial charge in [-0.15, -0.1) is 0 Å². The molecule has 0 aliphatic carbocycles. The van der Waals surface area contributed by atoms with E-state index < -0.39 is 18.0 Å². The molecule has 0 spiro atoms. The predicted molar refractivity (Wildman–Crippen MR) is 74.2 cm³/mol. The molecule has 6 nitrogen and oxygen atoms in total. The summed E-state index contributed by atoms with van der Waals surface area (Å²) in [6, 6.07) is 7.92. The first kappa shape index (κ1) is 16.0. The molecule has 0 fully saturated rings. The molecule has 0 aliphatic rings. The van der Waals surface area contributed by atoms with Crippen molar-refractivity contribution in [2.75, 3.05) is 13.2 Å². The zero-order valence-electron chi connectivity index (χ0n) is 11.5. The normalized spacial score (nSPS) is 11.7. The molecule has 0 radical (unpaired) electrons. The number of urea groups is 1. The number of rotatable bonds is 7. The number of carbonyl (C=O) groups is 2. The van der Waals surface area contributed by atoms with E-state index in [1.807, 2.05) is 30.3 Å². The highest BCUT2D eigenvalue weighted by molar-refractivity contribution is 5.82. The van der Waals surface area contributed by atoms with E-state index >= 15 is 0 Å². The van der Waals surface area contributed by atoms with Crippen molar-refractivity contribution in [2.24, 2.45) is 0 Å². The first-order valence-electron chi connectivity index (χ1n) is 6.51. The average Bonchev–Trinajstić information content (AvgIpc) is 2.44. The lowest BCUT2D eigenvalue weighted by Crippen LogP contribution is -2.48. The van der Waals surface area contributed by atoms with Gasteiger partial charge in [-0.25, -0.2) is 9.59 Å². The van der Waals surface area contributed by atoms with Crippen LogP contribution in [0.15, 0.2) is 30.3 Å². The highest BCUT2D eigenvalue weighted by atomic mass is 16.4. The van der Waals surface area contributed by atoms with Crippen LogP contribution in [0, 0.1) is 0 Å². The number of aliphatic carboxylic acids is 1. The van der Waals surface area contributed by atoms with Crippen molar-refractivity contribution in [1.29, 1.82) is 0 Å². The zero-order chi connectivity index (χ0) is 15.0. The third-order valence-electron chi connectivity index (χ3n) is 2.88. The van der Waals surface area contributed by atoms with E-state index in [2.05, 4.69) is 5.32 Å². The van der Waals surface area contributed by atoms with Crippen molar-refractivity contribution >= 4 is 12.0 Å². The van der Waals surface area contributed by atoms with E-state index in [9.17, 15) is 9.59 Å². The maximum atomic E-state index is 12.1. The van der Waals surface area contributed by atoms with Gasteiger partial charge in [-0.2, -0.15) is 0 Å². The molecule has 1 aromatic rings. The molecule has 0 unspecified atom stereocenters. The molecule has 0 aliphatic heterocycles. The number of benzene rings is 1. The molecule has 2 amide bonds. The van der Waals surface area contributed by atoms with Crippen LogP contribution < -0.4 is 5.32 Å². The molecule has 1 atom stereocenters. The summed E-state index contributed by atoms with van der Waals surface area (Å²) in [6.45, 7) is 1.98. The summed E-state index contributed by atoms with van der Waals surface area (Å²) < 4.78 is 0. The zero-order valence-corrected chi connectivity index (χ0v) is 11.5. The number of hydrogen-bond donors (Lipinski definition) is 3. The molecule has 0 saturated carbocycles. The van der Waals surface area contributed by atoms with Crippen molar-refractivity contribution in [2.45, 2.75) is 25.9 Å². The Morgan fingerprint density at radius 1 is 1.30 bits per heavy atom. The summed E-state index contributed by atoms with van der Waals surface area (Å²) in [5.74, 6) is -1.07. The Balaban J connectivity index is 2.69. The van der Waals surface area contributed by atoms with Gasteiger partial charge in [-0.1, -0.05) is 37.3 Å². The molecule has 20 heavy (non-hydrogen) atoms. The maximum absolute atomic E-state index is 12.1. The van der Waals surface area contributed by atoms with Crippen LogP contribution >= 0.6 is 0 Å². The smallest absolute Gasteiger partial charge is 0.326 e. The number of amides is 2. The minimum atomic E-state index is -1.07. The molecular weight excluding hydrogens is 260 g/mol. The van der Waals surface area contributed by atoms with Crippen LogP contribution in [0.25, 0.3) is 0 Å². The van der Waals surface area contributed by atoms with Gasteiger partial charge in [0.05, 0.1) is 6.61 Å². The van der Waals surface area contributed by atoms with Gasteiger partial charge in [0.25, 0.3) is 0 Å². The molecule has 3 N–H and O–H groups in total. The largest absolute Gasteiger partial charge is 0.480 e. The predicted octanol–water partition coefficient (Wildman–Crippen LogP) is 1.05.